The third-order valence-corrected chi connectivity index (χ3v) is 0.926. The molecule has 0 radical (unpaired) electrons. The molecule has 0 fully saturated rings. The van der Waals surface area contributed by atoms with Gasteiger partial charge in [-0.1, -0.05) is 0 Å². The first kappa shape index (κ1) is 3.78. The summed E-state index contributed by atoms with van der Waals surface area (Å²) in [6.45, 7) is 3.03. The van der Waals surface area contributed by atoms with Gasteiger partial charge in [0, 0.05) is 0 Å². The molecule has 0 N–H and O–H groups in total. The first-order chi connectivity index (χ1) is 2.89. The van der Waals surface area contributed by atoms with Crippen molar-refractivity contribution in [3.63, 3.8) is 0 Å². The molecular formula is C4H8N2. The van der Waals surface area contributed by atoms with Gasteiger partial charge in [0.05, 0.1) is 12.6 Å². The van der Waals surface area contributed by atoms with Gasteiger partial charge in [0.25, 0.3) is 0 Å². The molecule has 1 unspecified atom stereocenters. The number of nitrogens with zero attached hydrogens (tertiary/aromatic N) is 2. The lowest BCUT2D eigenvalue weighted by Gasteiger charge is -1.85. The molecule has 34 valence electrons. The van der Waals surface area contributed by atoms with Crippen LogP contribution in [-0.2, 0) is 0 Å². The molecule has 0 aromatic carbocycles. The Kier molecular flexibility index (Phi) is 0.862. The number of hydrogen-bond acceptors (Lipinski definition) is 2. The van der Waals surface area contributed by atoms with Crippen molar-refractivity contribution < 1.29 is 0 Å². The highest BCUT2D eigenvalue weighted by Crippen LogP contribution is 2.04. The molecule has 1 aliphatic heterocycles. The number of hydrogen-bond donors (Lipinski definition) is 0. The molecule has 1 rings (SSSR count). The summed E-state index contributed by atoms with van der Waals surface area (Å²) in [6.07, 6.45) is 1.15. The predicted octanol–water partition coefficient (Wildman–Crippen LogP) is 1.23. The molecule has 0 spiro atoms. The van der Waals surface area contributed by atoms with Gasteiger partial charge in [-0.05, 0) is 13.3 Å². The lowest BCUT2D eigenvalue weighted by Crippen LogP contribution is -1.88. The lowest BCUT2D eigenvalue weighted by molar-refractivity contribution is 0.758. The molecule has 0 amide bonds. The fourth-order valence-corrected chi connectivity index (χ4v) is 0.499. The largest absolute Gasteiger partial charge is 0.194 e. The van der Waals surface area contributed by atoms with E-state index in [2.05, 4.69) is 17.2 Å². The minimum absolute atomic E-state index is 0.505. The first-order valence-corrected chi connectivity index (χ1v) is 2.26. The van der Waals surface area contributed by atoms with Crippen molar-refractivity contribution in [1.82, 2.24) is 0 Å². The van der Waals surface area contributed by atoms with E-state index in [1.54, 1.807) is 0 Å². The molecular weight excluding hydrogens is 76.1 g/mol. The van der Waals surface area contributed by atoms with Gasteiger partial charge in [0.15, 0.2) is 0 Å². The van der Waals surface area contributed by atoms with Crippen molar-refractivity contribution in [3.8, 4) is 0 Å². The lowest BCUT2D eigenvalue weighted by atomic mass is 10.3. The molecule has 1 heterocycles. The first-order valence-electron chi connectivity index (χ1n) is 2.26. The highest BCUT2D eigenvalue weighted by molar-refractivity contribution is 4.63. The Hall–Kier alpha value is -0.400. The smallest absolute Gasteiger partial charge is 0.0698 e. The molecule has 0 bridgehead atoms. The molecule has 0 saturated carbocycles. The summed E-state index contributed by atoms with van der Waals surface area (Å²) in [5.41, 5.74) is 0. The average molecular weight is 84.1 g/mol. The maximum Gasteiger partial charge on any atom is 0.0698 e. The van der Waals surface area contributed by atoms with Crippen molar-refractivity contribution in [2.45, 2.75) is 19.4 Å². The Morgan fingerprint density at radius 1 is 1.67 bits per heavy atom. The summed E-state index contributed by atoms with van der Waals surface area (Å²) >= 11 is 0. The summed E-state index contributed by atoms with van der Waals surface area (Å²) in [7, 11) is 0. The van der Waals surface area contributed by atoms with E-state index in [1.165, 1.54) is 0 Å². The molecule has 2 heteroatoms. The second-order valence-corrected chi connectivity index (χ2v) is 1.62. The molecule has 0 aromatic heterocycles. The second-order valence-electron chi connectivity index (χ2n) is 1.62. The Morgan fingerprint density at radius 2 is 2.50 bits per heavy atom. The van der Waals surface area contributed by atoms with E-state index in [0.717, 1.165) is 13.0 Å². The van der Waals surface area contributed by atoms with Gasteiger partial charge < -0.3 is 0 Å². The van der Waals surface area contributed by atoms with Crippen LogP contribution in [-0.4, -0.2) is 12.6 Å². The van der Waals surface area contributed by atoms with Gasteiger partial charge in [-0.3, -0.25) is 0 Å². The van der Waals surface area contributed by atoms with Crippen LogP contribution in [0.5, 0.6) is 0 Å². The molecule has 0 saturated heterocycles. The van der Waals surface area contributed by atoms with Crippen molar-refractivity contribution >= 4 is 0 Å². The van der Waals surface area contributed by atoms with E-state index in [1.807, 2.05) is 0 Å². The van der Waals surface area contributed by atoms with E-state index in [-0.39, 0.29) is 0 Å². The van der Waals surface area contributed by atoms with E-state index in [4.69, 9.17) is 0 Å². The molecule has 0 aliphatic carbocycles. The van der Waals surface area contributed by atoms with Crippen LogP contribution in [0.1, 0.15) is 13.3 Å². The quantitative estimate of drug-likeness (QED) is 0.421. The summed E-state index contributed by atoms with van der Waals surface area (Å²) < 4.78 is 0. The molecule has 6 heavy (non-hydrogen) atoms. The van der Waals surface area contributed by atoms with E-state index in [0.29, 0.717) is 6.04 Å². The van der Waals surface area contributed by atoms with Gasteiger partial charge in [0.2, 0.25) is 0 Å². The maximum atomic E-state index is 3.86. The monoisotopic (exact) mass is 84.1 g/mol. The fourth-order valence-electron chi connectivity index (χ4n) is 0.499. The van der Waals surface area contributed by atoms with Crippen LogP contribution in [0.2, 0.25) is 0 Å². The second kappa shape index (κ2) is 1.37. The summed E-state index contributed by atoms with van der Waals surface area (Å²) in [5, 5.41) is 7.65. The Balaban J connectivity index is 2.38. The van der Waals surface area contributed by atoms with Crippen molar-refractivity contribution in [3.05, 3.63) is 0 Å². The van der Waals surface area contributed by atoms with Crippen LogP contribution in [0.25, 0.3) is 0 Å². The molecule has 2 nitrogen and oxygen atoms in total. The number of rotatable bonds is 0. The van der Waals surface area contributed by atoms with Crippen LogP contribution in [0.4, 0.5) is 0 Å². The third kappa shape index (κ3) is 0.559. The zero-order valence-corrected chi connectivity index (χ0v) is 3.89. The normalized spacial score (nSPS) is 31.8. The van der Waals surface area contributed by atoms with Crippen LogP contribution in [0.3, 0.4) is 0 Å². The van der Waals surface area contributed by atoms with Crippen LogP contribution < -0.4 is 0 Å². The van der Waals surface area contributed by atoms with Crippen LogP contribution in [0, 0.1) is 0 Å². The van der Waals surface area contributed by atoms with Gasteiger partial charge in [-0.15, -0.1) is 0 Å². The predicted molar refractivity (Wildman–Crippen MR) is 23.8 cm³/mol. The van der Waals surface area contributed by atoms with Crippen LogP contribution >= 0.6 is 0 Å². The number of azo groups is 1. The Morgan fingerprint density at radius 3 is 2.67 bits per heavy atom. The highest BCUT2D eigenvalue weighted by atomic mass is 15.1. The average Bonchev–Trinajstić information content (AvgIpc) is 1.86. The molecule has 0 aromatic rings. The molecule has 1 aliphatic rings. The SMILES string of the molecule is CC1CCN=N1. The standard InChI is InChI=1S/C4H8N2/c1-4-2-3-5-6-4/h4H,2-3H2,1H3. The molecule has 1 atom stereocenters. The zero-order chi connectivity index (χ0) is 4.41. The van der Waals surface area contributed by atoms with Crippen LogP contribution in [0.15, 0.2) is 10.2 Å². The Bertz CT molecular complexity index is 67.9. The van der Waals surface area contributed by atoms with Gasteiger partial charge >= 0.3 is 0 Å². The van der Waals surface area contributed by atoms with E-state index in [9.17, 15) is 0 Å². The van der Waals surface area contributed by atoms with E-state index < -0.39 is 0 Å². The maximum absolute atomic E-state index is 3.86. The third-order valence-electron chi connectivity index (χ3n) is 0.926. The van der Waals surface area contributed by atoms with Gasteiger partial charge in [0.1, 0.15) is 0 Å². The Labute approximate surface area is 37.3 Å². The van der Waals surface area contributed by atoms with Gasteiger partial charge in [-0.2, -0.15) is 10.2 Å². The fraction of sp³-hybridized carbons (Fsp3) is 1.00. The minimum Gasteiger partial charge on any atom is -0.194 e. The van der Waals surface area contributed by atoms with E-state index >= 15 is 0 Å². The highest BCUT2D eigenvalue weighted by Gasteiger charge is 2.01. The van der Waals surface area contributed by atoms with Gasteiger partial charge in [-0.25, -0.2) is 0 Å². The van der Waals surface area contributed by atoms with Crippen molar-refractivity contribution in [2.75, 3.05) is 6.54 Å². The summed E-state index contributed by atoms with van der Waals surface area (Å²) in [6, 6.07) is 0.505. The summed E-state index contributed by atoms with van der Waals surface area (Å²) in [5.74, 6) is 0. The zero-order valence-electron chi connectivity index (χ0n) is 3.89. The minimum atomic E-state index is 0.505. The topological polar surface area (TPSA) is 24.7 Å². The van der Waals surface area contributed by atoms with Crippen molar-refractivity contribution in [1.29, 1.82) is 0 Å². The van der Waals surface area contributed by atoms with Crippen molar-refractivity contribution in [2.24, 2.45) is 10.2 Å². The summed E-state index contributed by atoms with van der Waals surface area (Å²) in [4.78, 5) is 0.